The van der Waals surface area contributed by atoms with Crippen molar-refractivity contribution in [2.75, 3.05) is 29.2 Å². The highest BCUT2D eigenvalue weighted by Crippen LogP contribution is 2.38. The van der Waals surface area contributed by atoms with Gasteiger partial charge in [0.1, 0.15) is 45.9 Å². The second-order valence-electron chi connectivity index (χ2n) is 13.5. The molecule has 3 amide bonds. The van der Waals surface area contributed by atoms with E-state index in [2.05, 4.69) is 20.9 Å². The molecule has 16 heteroatoms. The van der Waals surface area contributed by atoms with Crippen molar-refractivity contribution in [3.63, 3.8) is 0 Å². The van der Waals surface area contributed by atoms with E-state index in [-0.39, 0.29) is 65.9 Å². The molecule has 10 N–H and O–H groups in total. The van der Waals surface area contributed by atoms with Gasteiger partial charge in [-0.05, 0) is 99.3 Å². The van der Waals surface area contributed by atoms with E-state index in [1.165, 1.54) is 18.2 Å². The lowest BCUT2D eigenvalue weighted by molar-refractivity contribution is -0.119. The normalized spacial score (nSPS) is 11.8. The Hall–Kier alpha value is -7.72. The number of benzene rings is 5. The molecular formula is C44H46N4O12. The number of aryl methyl sites for hydroxylation is 5. The molecule has 5 aromatic carbocycles. The fourth-order valence-electron chi connectivity index (χ4n) is 5.71. The van der Waals surface area contributed by atoms with Gasteiger partial charge in [0.25, 0.3) is 11.8 Å². The summed E-state index contributed by atoms with van der Waals surface area (Å²) in [6.07, 6.45) is 0.536. The van der Waals surface area contributed by atoms with Gasteiger partial charge in [0, 0.05) is 23.1 Å². The standard InChI is InChI=1S/C10H9NO2.2C9H9NO3.C8H9NO2.C8H10O2/c1-6-2-4-8(12)10-7(6)3-5-9(13)11-10;1-5-2-6(11)3-7-9(5)13-4-8(12)10-7;1-5-2-3-6(11)8-9(5)13-4-7(12)10-8;1-6-2-3-8(11)7(4-6)9-5-10;1-6-2-3-8(10)7(4-6)5-9/h2-5,12H,1H3,(H,11,13);2*2-3,11H,4H2,1H3,(H,10,12);2-5,11H,1H3,(H,9,10);2-4,9-10H,5H2,1H3. The molecule has 314 valence electrons. The van der Waals surface area contributed by atoms with Crippen LogP contribution in [-0.4, -0.2) is 67.1 Å². The average molecular weight is 823 g/mol. The molecule has 0 radical (unpaired) electrons. The minimum Gasteiger partial charge on any atom is -0.508 e. The van der Waals surface area contributed by atoms with Gasteiger partial charge in [0.05, 0.1) is 23.5 Å². The Bertz CT molecular complexity index is 2570. The molecule has 2 aliphatic rings. The highest BCUT2D eigenvalue weighted by molar-refractivity contribution is 5.97. The highest BCUT2D eigenvalue weighted by atomic mass is 16.5. The zero-order valence-electron chi connectivity index (χ0n) is 33.4. The Morgan fingerprint density at radius 3 is 1.90 bits per heavy atom. The Labute approximate surface area is 344 Å². The molecule has 8 rings (SSSR count). The van der Waals surface area contributed by atoms with E-state index < -0.39 is 0 Å². The Morgan fingerprint density at radius 1 is 0.633 bits per heavy atom. The number of ether oxygens (including phenoxy) is 2. The third-order valence-electron chi connectivity index (χ3n) is 8.69. The van der Waals surface area contributed by atoms with Gasteiger partial charge in [-0.1, -0.05) is 35.9 Å². The maximum absolute atomic E-state index is 11.0. The third kappa shape index (κ3) is 12.1. The lowest BCUT2D eigenvalue weighted by Gasteiger charge is -2.20. The Kier molecular flexibility index (Phi) is 15.5. The number of phenolic OH excluding ortho intramolecular Hbond substituents is 4. The van der Waals surface area contributed by atoms with Crippen LogP contribution in [-0.2, 0) is 21.0 Å². The maximum atomic E-state index is 11.0. The number of rotatable bonds is 3. The number of carbonyl (C=O) groups is 3. The lowest BCUT2D eigenvalue weighted by atomic mass is 10.1. The molecule has 0 saturated carbocycles. The van der Waals surface area contributed by atoms with E-state index in [0.717, 1.165) is 33.2 Å². The van der Waals surface area contributed by atoms with Gasteiger partial charge < -0.3 is 61.0 Å². The van der Waals surface area contributed by atoms with Crippen molar-refractivity contribution in [1.29, 1.82) is 0 Å². The van der Waals surface area contributed by atoms with E-state index >= 15 is 0 Å². The smallest absolute Gasteiger partial charge is 0.262 e. The summed E-state index contributed by atoms with van der Waals surface area (Å²) in [6.45, 7) is 9.35. The van der Waals surface area contributed by atoms with Crippen molar-refractivity contribution < 1.29 is 54.5 Å². The number of carbonyl (C=O) groups excluding carboxylic acids is 3. The number of hydrogen-bond donors (Lipinski definition) is 10. The van der Waals surface area contributed by atoms with Crippen molar-refractivity contribution in [2.45, 2.75) is 41.2 Å². The fourth-order valence-corrected chi connectivity index (χ4v) is 5.71. The predicted octanol–water partition coefficient (Wildman–Crippen LogP) is 6.07. The molecule has 60 heavy (non-hydrogen) atoms. The number of aliphatic hydroxyl groups excluding tert-OH is 1. The molecule has 0 aliphatic carbocycles. The van der Waals surface area contributed by atoms with E-state index in [1.807, 2.05) is 40.7 Å². The molecule has 0 fully saturated rings. The molecule has 16 nitrogen and oxygen atoms in total. The molecule has 0 unspecified atom stereocenters. The van der Waals surface area contributed by atoms with Crippen LogP contribution in [0, 0.1) is 34.6 Å². The number of aromatic hydroxyl groups is 5. The largest absolute Gasteiger partial charge is 0.508 e. The van der Waals surface area contributed by atoms with Crippen LogP contribution in [0.2, 0.25) is 0 Å². The second kappa shape index (κ2) is 20.6. The summed E-state index contributed by atoms with van der Waals surface area (Å²) in [7, 11) is 0. The van der Waals surface area contributed by atoms with Gasteiger partial charge in [-0.15, -0.1) is 0 Å². The number of fused-ring (bicyclic) bond motifs is 3. The number of aromatic nitrogens is 1. The van der Waals surface area contributed by atoms with Crippen LogP contribution in [0.5, 0.6) is 40.2 Å². The van der Waals surface area contributed by atoms with Crippen molar-refractivity contribution in [1.82, 2.24) is 4.98 Å². The van der Waals surface area contributed by atoms with Crippen LogP contribution in [0.4, 0.5) is 17.1 Å². The van der Waals surface area contributed by atoms with Crippen LogP contribution in [0.15, 0.2) is 89.7 Å². The molecule has 6 aromatic rings. The molecule has 2 aliphatic heterocycles. The number of pyridine rings is 1. The minimum atomic E-state index is -0.242. The van der Waals surface area contributed by atoms with E-state index in [0.29, 0.717) is 46.1 Å². The molecular weight excluding hydrogens is 776 g/mol. The van der Waals surface area contributed by atoms with Crippen LogP contribution in [0.1, 0.15) is 33.4 Å². The first-order chi connectivity index (χ1) is 28.5. The topological polar surface area (TPSA) is 260 Å². The Balaban J connectivity index is 0.000000166. The number of aliphatic hydroxyl groups is 1. The molecule has 0 bridgehead atoms. The number of hydrogen-bond acceptors (Lipinski definition) is 12. The second-order valence-corrected chi connectivity index (χ2v) is 13.5. The van der Waals surface area contributed by atoms with Gasteiger partial charge in [0.15, 0.2) is 13.2 Å². The highest BCUT2D eigenvalue weighted by Gasteiger charge is 2.21. The first kappa shape index (κ1) is 45.0. The van der Waals surface area contributed by atoms with Crippen LogP contribution in [0.3, 0.4) is 0 Å². The first-order valence-corrected chi connectivity index (χ1v) is 18.2. The quantitative estimate of drug-likeness (QED) is 0.0721. The third-order valence-corrected chi connectivity index (χ3v) is 8.69. The maximum Gasteiger partial charge on any atom is 0.262 e. The van der Waals surface area contributed by atoms with Crippen LogP contribution < -0.4 is 31.0 Å². The number of amides is 3. The summed E-state index contributed by atoms with van der Waals surface area (Å²) in [6, 6.07) is 23.0. The summed E-state index contributed by atoms with van der Waals surface area (Å²) in [4.78, 5) is 45.5. The van der Waals surface area contributed by atoms with Gasteiger partial charge in [0.2, 0.25) is 12.0 Å². The van der Waals surface area contributed by atoms with E-state index in [9.17, 15) is 34.5 Å². The minimum absolute atomic E-state index is 0.0112. The van der Waals surface area contributed by atoms with Crippen LogP contribution >= 0.6 is 0 Å². The molecule has 0 saturated heterocycles. The average Bonchev–Trinajstić information content (AvgIpc) is 3.21. The summed E-state index contributed by atoms with van der Waals surface area (Å²) in [5.74, 6) is 1.27. The fraction of sp³-hybridized carbons (Fsp3) is 0.182. The Morgan fingerprint density at radius 2 is 1.23 bits per heavy atom. The number of phenols is 5. The SMILES string of the molecule is Cc1cc(O)cc2c1OCC(=O)N2.Cc1ccc(O)c(CO)c1.Cc1ccc(O)c(NC=O)c1.Cc1ccc(O)c2[nH]c(=O)ccc12.Cc1ccc(O)c2c1OCC(=O)N2. The monoisotopic (exact) mass is 822 g/mol. The van der Waals surface area contributed by atoms with Crippen molar-refractivity contribution in [3.05, 3.63) is 129 Å². The van der Waals surface area contributed by atoms with Crippen molar-refractivity contribution in [2.24, 2.45) is 0 Å². The van der Waals surface area contributed by atoms with Crippen LogP contribution in [0.25, 0.3) is 10.9 Å². The number of nitrogens with one attached hydrogen (secondary N) is 4. The number of H-pyrrole nitrogens is 1. The zero-order chi connectivity index (χ0) is 44.1. The van der Waals surface area contributed by atoms with Gasteiger partial charge in [-0.2, -0.15) is 0 Å². The van der Waals surface area contributed by atoms with Gasteiger partial charge >= 0.3 is 0 Å². The summed E-state index contributed by atoms with van der Waals surface area (Å²) >= 11 is 0. The van der Waals surface area contributed by atoms with E-state index in [4.69, 9.17) is 24.8 Å². The number of aromatic amines is 1. The zero-order valence-corrected chi connectivity index (χ0v) is 33.4. The lowest BCUT2D eigenvalue weighted by Crippen LogP contribution is -2.25. The van der Waals surface area contributed by atoms with Gasteiger partial charge in [-0.25, -0.2) is 0 Å². The molecule has 0 atom stereocenters. The molecule has 0 spiro atoms. The first-order valence-electron chi connectivity index (χ1n) is 18.2. The predicted molar refractivity (Wildman–Crippen MR) is 226 cm³/mol. The summed E-state index contributed by atoms with van der Waals surface area (Å²) in [5.41, 5.74) is 7.02. The van der Waals surface area contributed by atoms with Gasteiger partial charge in [-0.3, -0.25) is 19.2 Å². The summed E-state index contributed by atoms with van der Waals surface area (Å²) < 4.78 is 10.4. The number of anilines is 3. The molecule has 3 heterocycles. The molecule has 1 aromatic heterocycles. The van der Waals surface area contributed by atoms with E-state index in [1.54, 1.807) is 60.7 Å². The van der Waals surface area contributed by atoms with Crippen molar-refractivity contribution in [3.8, 4) is 40.2 Å². The summed E-state index contributed by atoms with van der Waals surface area (Å²) in [5, 5.41) is 63.4. The van der Waals surface area contributed by atoms with Crippen molar-refractivity contribution >= 4 is 46.2 Å².